The molecule has 8 rings (SSSR count). The average molecular weight is 707 g/mol. The molecule has 0 saturated heterocycles. The number of benzene rings is 6. The van der Waals surface area contributed by atoms with E-state index in [1.165, 1.54) is 87.9 Å². The van der Waals surface area contributed by atoms with Crippen LogP contribution in [0.1, 0.15) is 27.8 Å². The Bertz CT molecular complexity index is 1910. The molecule has 7 aromatic rings. The van der Waals surface area contributed by atoms with Crippen molar-refractivity contribution in [3.63, 3.8) is 0 Å². The summed E-state index contributed by atoms with van der Waals surface area (Å²) in [5.74, 6) is 0. The number of fused-ring (bicyclic) bond motifs is 8. The second kappa shape index (κ2) is 15.7. The molecule has 0 aromatic heterocycles. The van der Waals surface area contributed by atoms with Crippen molar-refractivity contribution < 1.29 is 49.0 Å². The predicted octanol–water partition coefficient (Wildman–Crippen LogP) is 4.54. The fourth-order valence-corrected chi connectivity index (χ4v) is 6.50. The number of aryl methyl sites for hydroxylation is 1. The van der Waals surface area contributed by atoms with E-state index < -0.39 is 0 Å². The summed E-state index contributed by atoms with van der Waals surface area (Å²) in [6.07, 6.45) is 1.02. The van der Waals surface area contributed by atoms with Crippen molar-refractivity contribution >= 4 is 36.4 Å². The molecule has 0 amide bonds. The van der Waals surface area contributed by atoms with Crippen LogP contribution in [0.5, 0.6) is 0 Å². The summed E-state index contributed by atoms with van der Waals surface area (Å²) in [5, 5.41) is 6.09. The van der Waals surface area contributed by atoms with Crippen LogP contribution in [0.15, 0.2) is 146 Å². The molecule has 0 nitrogen and oxygen atoms in total. The molecule has 0 spiro atoms. The van der Waals surface area contributed by atoms with Gasteiger partial charge in [-0.25, -0.2) is 12.1 Å². The number of hydrogen-bond donors (Lipinski definition) is 0. The van der Waals surface area contributed by atoms with E-state index in [4.69, 9.17) is 11.6 Å². The quantitative estimate of drug-likeness (QED) is 0.183. The standard InChI is InChI=1S/C21H13.C14H11Cl.C5H5.2ClH.Zr/c1-2-8-15-14(7-1)13-20-18-11-4-3-9-16(18)17-10-5-6-12-19(17)21(15)20;1-11-2-4-12(5-3-11)10-13-6-8-14(15)9-7-13;1-2-4-5-3-1;;;/h1-10,12H,13H2;2-9H,1H3;1-5H;2*1H;/q-1;;-1;;;+2/p-2. The van der Waals surface area contributed by atoms with Crippen LogP contribution in [-0.4, -0.2) is 3.21 Å². The minimum absolute atomic E-state index is 0. The van der Waals surface area contributed by atoms with Crippen LogP contribution >= 0.6 is 11.6 Å². The zero-order chi connectivity index (χ0) is 28.9. The Kier molecular flexibility index (Phi) is 12.0. The van der Waals surface area contributed by atoms with Crippen LogP contribution in [0.25, 0.3) is 32.7 Å². The molecule has 0 bridgehead atoms. The van der Waals surface area contributed by atoms with Crippen molar-refractivity contribution in [2.45, 2.75) is 13.3 Å². The fourth-order valence-electron chi connectivity index (χ4n) is 5.55. The Balaban J connectivity index is 0.000000171. The zero-order valence-corrected chi connectivity index (χ0v) is 28.9. The molecule has 4 heteroatoms. The van der Waals surface area contributed by atoms with E-state index in [9.17, 15) is 0 Å². The van der Waals surface area contributed by atoms with Gasteiger partial charge in [0.25, 0.3) is 0 Å². The molecular formula is C40H29Cl3Zr-2. The molecule has 0 aliphatic heterocycles. The maximum atomic E-state index is 5.88. The van der Waals surface area contributed by atoms with E-state index in [1.54, 1.807) is 0 Å². The molecule has 0 unspecified atom stereocenters. The van der Waals surface area contributed by atoms with E-state index in [0.717, 1.165) is 11.4 Å². The Hall–Kier alpha value is -3.19. The summed E-state index contributed by atoms with van der Waals surface area (Å²) in [5.41, 5.74) is 9.52. The number of halogens is 3. The van der Waals surface area contributed by atoms with Crippen molar-refractivity contribution in [1.82, 2.24) is 0 Å². The first-order valence-electron chi connectivity index (χ1n) is 14.1. The summed E-state index contributed by atoms with van der Waals surface area (Å²) in [7, 11) is 0. The second-order valence-electron chi connectivity index (χ2n) is 10.4. The minimum atomic E-state index is 0. The van der Waals surface area contributed by atoms with Gasteiger partial charge in [-0.2, -0.15) is 18.2 Å². The molecule has 0 atom stereocenters. The fraction of sp³-hybridized carbons (Fsp3) is 0.0500. The Morgan fingerprint density at radius 3 is 1.93 bits per heavy atom. The first-order chi connectivity index (χ1) is 20.6. The Morgan fingerprint density at radius 2 is 1.27 bits per heavy atom. The van der Waals surface area contributed by atoms with Gasteiger partial charge in [0.1, 0.15) is 0 Å². The molecule has 216 valence electrons. The monoisotopic (exact) mass is 704 g/mol. The topological polar surface area (TPSA) is 0 Å². The summed E-state index contributed by atoms with van der Waals surface area (Å²) in [6.45, 7) is 2.11. The molecule has 44 heavy (non-hydrogen) atoms. The van der Waals surface area contributed by atoms with Crippen LogP contribution in [0.3, 0.4) is 0 Å². The third kappa shape index (κ3) is 7.36. The smallest absolute Gasteiger partial charge is 0.0240 e. The summed E-state index contributed by atoms with van der Waals surface area (Å²) in [6, 6.07) is 54.0. The van der Waals surface area contributed by atoms with Crippen molar-refractivity contribution in [2.24, 2.45) is 0 Å². The van der Waals surface area contributed by atoms with E-state index in [2.05, 4.69) is 110 Å². The zero-order valence-electron chi connectivity index (χ0n) is 24.2. The van der Waals surface area contributed by atoms with Gasteiger partial charge in [0.2, 0.25) is 0 Å². The van der Waals surface area contributed by atoms with Crippen LogP contribution in [0.2, 0.25) is 5.02 Å². The van der Waals surface area contributed by atoms with Gasteiger partial charge < -0.3 is 24.8 Å². The molecule has 1 aliphatic rings. The van der Waals surface area contributed by atoms with E-state index in [1.807, 2.05) is 48.5 Å². The molecular weight excluding hydrogens is 678 g/mol. The van der Waals surface area contributed by atoms with Gasteiger partial charge in [-0.1, -0.05) is 53.9 Å². The molecule has 7 aromatic carbocycles. The SMILES string of the molecule is Cc1ccc([C](=[Zr+2])c2ccc(Cl)cc2)cc1.[Cl-].[Cl-].[c-]1cccc2c1c1c(c3ccccc32)-c2ccccc2C1.c1cc[cH-]c1. The summed E-state index contributed by atoms with van der Waals surface area (Å²) < 4.78 is 1.36. The van der Waals surface area contributed by atoms with Crippen LogP contribution in [0.4, 0.5) is 0 Å². The Labute approximate surface area is 292 Å². The van der Waals surface area contributed by atoms with Crippen molar-refractivity contribution in [3.8, 4) is 11.1 Å². The largest absolute Gasteiger partial charge is 1.00 e. The number of rotatable bonds is 2. The summed E-state index contributed by atoms with van der Waals surface area (Å²) in [4.78, 5) is 0. The predicted molar refractivity (Wildman–Crippen MR) is 176 cm³/mol. The van der Waals surface area contributed by atoms with E-state index in [0.29, 0.717) is 0 Å². The van der Waals surface area contributed by atoms with Crippen LogP contribution in [0, 0.1) is 13.0 Å². The minimum Gasteiger partial charge on any atom is -1.00 e. The normalized spacial score (nSPS) is 10.6. The van der Waals surface area contributed by atoms with Crippen molar-refractivity contribution in [1.29, 1.82) is 0 Å². The van der Waals surface area contributed by atoms with E-state index in [-0.39, 0.29) is 24.8 Å². The van der Waals surface area contributed by atoms with Crippen molar-refractivity contribution in [2.75, 3.05) is 0 Å². The van der Waals surface area contributed by atoms with Crippen LogP contribution < -0.4 is 24.8 Å². The van der Waals surface area contributed by atoms with Gasteiger partial charge in [-0.3, -0.25) is 0 Å². The molecule has 0 fully saturated rings. The average Bonchev–Trinajstić information content (AvgIpc) is 3.75. The van der Waals surface area contributed by atoms with Gasteiger partial charge in [-0.15, -0.1) is 40.6 Å². The van der Waals surface area contributed by atoms with Gasteiger partial charge in [0.05, 0.1) is 0 Å². The Morgan fingerprint density at radius 1 is 0.682 bits per heavy atom. The first kappa shape index (κ1) is 33.7. The maximum absolute atomic E-state index is 5.88. The second-order valence-corrected chi connectivity index (χ2v) is 12.1. The number of hydrogen-bond acceptors (Lipinski definition) is 0. The van der Waals surface area contributed by atoms with Gasteiger partial charge >= 0.3 is 116 Å². The summed E-state index contributed by atoms with van der Waals surface area (Å²) >= 11 is 7.30. The molecule has 0 N–H and O–H groups in total. The van der Waals surface area contributed by atoms with E-state index >= 15 is 0 Å². The third-order valence-electron chi connectivity index (χ3n) is 7.63. The van der Waals surface area contributed by atoms with Gasteiger partial charge in [0.15, 0.2) is 0 Å². The molecule has 0 saturated carbocycles. The van der Waals surface area contributed by atoms with Crippen LogP contribution in [-0.2, 0) is 30.7 Å². The maximum Gasteiger partial charge on any atom is -0.0240 e. The molecule has 1 aliphatic carbocycles. The van der Waals surface area contributed by atoms with Gasteiger partial charge in [-0.05, 0) is 28.5 Å². The molecule has 0 radical (unpaired) electrons. The van der Waals surface area contributed by atoms with Gasteiger partial charge in [0, 0.05) is 0 Å². The third-order valence-corrected chi connectivity index (χ3v) is 9.30. The molecule has 0 heterocycles. The first-order valence-corrected chi connectivity index (χ1v) is 15.7. The van der Waals surface area contributed by atoms with Crippen molar-refractivity contribution in [3.05, 3.63) is 184 Å².